The molecule has 2 rings (SSSR count). The van der Waals surface area contributed by atoms with Crippen LogP contribution in [-0.2, 0) is 17.7 Å². The highest BCUT2D eigenvalue weighted by Crippen LogP contribution is 2.09. The van der Waals surface area contributed by atoms with Gasteiger partial charge in [-0.2, -0.15) is 11.3 Å². The van der Waals surface area contributed by atoms with E-state index in [0.717, 1.165) is 18.7 Å². The number of carbonyl (C=O) groups is 1. The molecule has 0 spiro atoms. The molecular weight excluding hydrogens is 250 g/mol. The van der Waals surface area contributed by atoms with E-state index < -0.39 is 0 Å². The summed E-state index contributed by atoms with van der Waals surface area (Å²) < 4.78 is 9.87. The van der Waals surface area contributed by atoms with Gasteiger partial charge in [0.15, 0.2) is 0 Å². The van der Waals surface area contributed by atoms with E-state index in [2.05, 4.69) is 26.9 Å². The Kier molecular flexibility index (Phi) is 4.55. The van der Waals surface area contributed by atoms with E-state index in [-0.39, 0.29) is 5.97 Å². The quantitative estimate of drug-likeness (QED) is 0.644. The molecule has 0 aromatic carbocycles. The first-order valence-corrected chi connectivity index (χ1v) is 6.61. The minimum Gasteiger partial charge on any atom is -0.467 e. The van der Waals surface area contributed by atoms with Crippen molar-refractivity contribution in [3.8, 4) is 0 Å². The summed E-state index contributed by atoms with van der Waals surface area (Å²) in [6, 6.07) is 3.82. The second-order valence-corrected chi connectivity index (χ2v) is 4.63. The first-order valence-electron chi connectivity index (χ1n) is 5.67. The topological polar surface area (TPSA) is 51.5 Å². The second-order valence-electron chi connectivity index (χ2n) is 3.85. The predicted octanol–water partition coefficient (Wildman–Crippen LogP) is 2.46. The van der Waals surface area contributed by atoms with Crippen LogP contribution in [0.5, 0.6) is 0 Å². The maximum Gasteiger partial charge on any atom is 0.341 e. The fraction of sp³-hybridized carbons (Fsp3) is 0.308. The Morgan fingerprint density at radius 2 is 2.44 bits per heavy atom. The fourth-order valence-corrected chi connectivity index (χ4v) is 2.28. The molecule has 0 aliphatic heterocycles. The van der Waals surface area contributed by atoms with Crippen LogP contribution in [0.1, 0.15) is 21.7 Å². The summed E-state index contributed by atoms with van der Waals surface area (Å²) in [6.07, 6.45) is 2.41. The van der Waals surface area contributed by atoms with E-state index in [4.69, 9.17) is 4.42 Å². The Balaban J connectivity index is 1.73. The molecule has 1 N–H and O–H groups in total. The molecule has 0 unspecified atom stereocenters. The molecule has 0 aliphatic carbocycles. The highest BCUT2D eigenvalue weighted by Gasteiger charge is 2.09. The van der Waals surface area contributed by atoms with Crippen molar-refractivity contribution in [1.82, 2.24) is 5.32 Å². The standard InChI is InChI=1S/C13H15NO3S/c1-16-13(15)11-6-12(17-8-11)7-14-4-2-10-3-5-18-9-10/h3,5-6,8-9,14H,2,4,7H2,1H3. The largest absolute Gasteiger partial charge is 0.467 e. The third-order valence-electron chi connectivity index (χ3n) is 2.54. The number of hydrogen-bond donors (Lipinski definition) is 1. The van der Waals surface area contributed by atoms with Crippen LogP contribution in [0.15, 0.2) is 33.6 Å². The van der Waals surface area contributed by atoms with Gasteiger partial charge in [-0.25, -0.2) is 4.79 Å². The molecule has 0 fully saturated rings. The molecule has 0 bridgehead atoms. The lowest BCUT2D eigenvalue weighted by molar-refractivity contribution is 0.0600. The highest BCUT2D eigenvalue weighted by atomic mass is 32.1. The van der Waals surface area contributed by atoms with Gasteiger partial charge >= 0.3 is 5.97 Å². The zero-order valence-corrected chi connectivity index (χ0v) is 11.0. The predicted molar refractivity (Wildman–Crippen MR) is 69.8 cm³/mol. The average molecular weight is 265 g/mol. The Labute approximate surface area is 110 Å². The summed E-state index contributed by atoms with van der Waals surface area (Å²) in [6.45, 7) is 1.49. The average Bonchev–Trinajstić information content (AvgIpc) is 3.05. The van der Waals surface area contributed by atoms with E-state index in [9.17, 15) is 4.79 Å². The van der Waals surface area contributed by atoms with E-state index in [0.29, 0.717) is 12.1 Å². The lowest BCUT2D eigenvalue weighted by atomic mass is 10.2. The Morgan fingerprint density at radius 3 is 3.17 bits per heavy atom. The summed E-state index contributed by atoms with van der Waals surface area (Å²) in [5.74, 6) is 0.365. The summed E-state index contributed by atoms with van der Waals surface area (Å²) in [5.41, 5.74) is 1.79. The molecule has 0 saturated heterocycles. The maximum absolute atomic E-state index is 11.2. The summed E-state index contributed by atoms with van der Waals surface area (Å²) in [4.78, 5) is 11.2. The number of esters is 1. The van der Waals surface area contributed by atoms with E-state index >= 15 is 0 Å². The summed E-state index contributed by atoms with van der Waals surface area (Å²) in [7, 11) is 1.36. The van der Waals surface area contributed by atoms with Gasteiger partial charge in [-0.1, -0.05) is 0 Å². The van der Waals surface area contributed by atoms with Gasteiger partial charge in [-0.3, -0.25) is 0 Å². The fourth-order valence-electron chi connectivity index (χ4n) is 1.58. The van der Waals surface area contributed by atoms with Crippen molar-refractivity contribution in [2.45, 2.75) is 13.0 Å². The third kappa shape index (κ3) is 3.45. The monoisotopic (exact) mass is 265 g/mol. The zero-order chi connectivity index (χ0) is 12.8. The van der Waals surface area contributed by atoms with Crippen LogP contribution in [0.4, 0.5) is 0 Å². The van der Waals surface area contributed by atoms with Gasteiger partial charge in [0.25, 0.3) is 0 Å². The normalized spacial score (nSPS) is 10.5. The van der Waals surface area contributed by atoms with Crippen molar-refractivity contribution in [1.29, 1.82) is 0 Å². The van der Waals surface area contributed by atoms with Crippen molar-refractivity contribution in [3.05, 3.63) is 46.0 Å². The zero-order valence-electron chi connectivity index (χ0n) is 10.1. The minimum atomic E-state index is -0.372. The van der Waals surface area contributed by atoms with Gasteiger partial charge in [-0.05, 0) is 41.4 Å². The number of carbonyl (C=O) groups excluding carboxylic acids is 1. The van der Waals surface area contributed by atoms with Crippen LogP contribution in [0.25, 0.3) is 0 Å². The summed E-state index contributed by atoms with van der Waals surface area (Å²) in [5, 5.41) is 7.49. The second kappa shape index (κ2) is 6.37. The Morgan fingerprint density at radius 1 is 1.56 bits per heavy atom. The van der Waals surface area contributed by atoms with Crippen molar-refractivity contribution < 1.29 is 13.9 Å². The molecule has 0 saturated carbocycles. The molecule has 18 heavy (non-hydrogen) atoms. The van der Waals surface area contributed by atoms with E-state index in [1.54, 1.807) is 17.4 Å². The Hall–Kier alpha value is -1.59. The molecule has 4 nitrogen and oxygen atoms in total. The molecule has 2 heterocycles. The number of thiophene rings is 1. The van der Waals surface area contributed by atoms with Gasteiger partial charge in [0.05, 0.1) is 19.2 Å². The van der Waals surface area contributed by atoms with Crippen LogP contribution in [0, 0.1) is 0 Å². The minimum absolute atomic E-state index is 0.372. The van der Waals surface area contributed by atoms with Crippen LogP contribution in [0.2, 0.25) is 0 Å². The molecule has 0 amide bonds. The van der Waals surface area contributed by atoms with E-state index in [1.807, 2.05) is 0 Å². The lowest BCUT2D eigenvalue weighted by Gasteiger charge is -2.00. The smallest absolute Gasteiger partial charge is 0.341 e. The summed E-state index contributed by atoms with van der Waals surface area (Å²) >= 11 is 1.71. The van der Waals surface area contributed by atoms with Crippen LogP contribution < -0.4 is 5.32 Å². The van der Waals surface area contributed by atoms with Gasteiger partial charge < -0.3 is 14.5 Å². The number of rotatable bonds is 6. The van der Waals surface area contributed by atoms with Crippen molar-refractivity contribution >= 4 is 17.3 Å². The SMILES string of the molecule is COC(=O)c1coc(CNCCc2ccsc2)c1. The number of nitrogens with one attached hydrogen (secondary N) is 1. The van der Waals surface area contributed by atoms with Crippen molar-refractivity contribution in [2.75, 3.05) is 13.7 Å². The van der Waals surface area contributed by atoms with Crippen LogP contribution in [-0.4, -0.2) is 19.6 Å². The highest BCUT2D eigenvalue weighted by molar-refractivity contribution is 7.07. The van der Waals surface area contributed by atoms with Crippen molar-refractivity contribution in [3.63, 3.8) is 0 Å². The maximum atomic E-state index is 11.2. The van der Waals surface area contributed by atoms with Gasteiger partial charge in [0, 0.05) is 0 Å². The third-order valence-corrected chi connectivity index (χ3v) is 3.28. The molecule has 2 aromatic heterocycles. The number of hydrogen-bond acceptors (Lipinski definition) is 5. The van der Waals surface area contributed by atoms with Gasteiger partial charge in [0.1, 0.15) is 12.0 Å². The number of ether oxygens (including phenoxy) is 1. The molecule has 0 atom stereocenters. The first kappa shape index (κ1) is 12.9. The molecular formula is C13H15NO3S. The number of methoxy groups -OCH3 is 1. The van der Waals surface area contributed by atoms with E-state index in [1.165, 1.54) is 18.9 Å². The van der Waals surface area contributed by atoms with Gasteiger partial charge in [-0.15, -0.1) is 0 Å². The molecule has 96 valence electrons. The van der Waals surface area contributed by atoms with Crippen molar-refractivity contribution in [2.24, 2.45) is 0 Å². The lowest BCUT2D eigenvalue weighted by Crippen LogP contribution is -2.16. The van der Waals surface area contributed by atoms with Gasteiger partial charge in [0.2, 0.25) is 0 Å². The Bertz CT molecular complexity index is 490. The van der Waals surface area contributed by atoms with Crippen LogP contribution >= 0.6 is 11.3 Å². The number of furan rings is 1. The molecule has 5 heteroatoms. The molecule has 0 aliphatic rings. The molecule has 2 aromatic rings. The first-order chi connectivity index (χ1) is 8.79. The molecule has 0 radical (unpaired) electrons. The van der Waals surface area contributed by atoms with Crippen LogP contribution in [0.3, 0.4) is 0 Å².